The van der Waals surface area contributed by atoms with E-state index in [-0.39, 0.29) is 17.3 Å². The minimum absolute atomic E-state index is 0.248. The van der Waals surface area contributed by atoms with Gasteiger partial charge in [-0.1, -0.05) is 6.07 Å². The van der Waals surface area contributed by atoms with Crippen molar-refractivity contribution in [3.05, 3.63) is 33.9 Å². The maximum absolute atomic E-state index is 11.2. The fourth-order valence-electron chi connectivity index (χ4n) is 2.74. The van der Waals surface area contributed by atoms with Crippen LogP contribution >= 0.6 is 0 Å². The highest BCUT2D eigenvalue weighted by Gasteiger charge is 2.42. The molecule has 2 aliphatic rings. The van der Waals surface area contributed by atoms with Crippen LogP contribution in [0.3, 0.4) is 0 Å². The molecule has 0 aromatic heterocycles. The van der Waals surface area contributed by atoms with Gasteiger partial charge >= 0.3 is 11.7 Å². The number of nitro benzene ring substituents is 1. The highest BCUT2D eigenvalue weighted by atomic mass is 16.6. The summed E-state index contributed by atoms with van der Waals surface area (Å²) in [6.07, 6.45) is 4.61. The second-order valence-electron chi connectivity index (χ2n) is 5.61. The Hall–Kier alpha value is -2.11. The number of nitro groups is 1. The number of carbonyl (C=O) groups is 1. The van der Waals surface area contributed by atoms with Crippen LogP contribution in [0.25, 0.3) is 0 Å². The number of hydrogen-bond donors (Lipinski definition) is 2. The number of hydrogen-bond acceptors (Lipinski definition) is 4. The fourth-order valence-corrected chi connectivity index (χ4v) is 2.74. The summed E-state index contributed by atoms with van der Waals surface area (Å²) < 4.78 is 0. The van der Waals surface area contributed by atoms with E-state index in [1.165, 1.54) is 6.07 Å². The van der Waals surface area contributed by atoms with E-state index >= 15 is 0 Å². The van der Waals surface area contributed by atoms with Crippen LogP contribution in [0, 0.1) is 22.0 Å². The molecule has 6 nitrogen and oxygen atoms in total. The number of nitrogens with one attached hydrogen (secondary N) is 1. The van der Waals surface area contributed by atoms with Gasteiger partial charge in [0.1, 0.15) is 11.3 Å². The Balaban J connectivity index is 1.93. The van der Waals surface area contributed by atoms with Gasteiger partial charge in [-0.25, -0.2) is 4.79 Å². The zero-order valence-electron chi connectivity index (χ0n) is 10.9. The summed E-state index contributed by atoms with van der Waals surface area (Å²) in [6, 6.07) is 4.67. The molecule has 3 rings (SSSR count). The fraction of sp³-hybridized carbons (Fsp3) is 0.500. The Kier molecular flexibility index (Phi) is 3.08. The van der Waals surface area contributed by atoms with Crippen LogP contribution in [-0.2, 0) is 0 Å². The highest BCUT2D eigenvalue weighted by molar-refractivity contribution is 5.95. The molecule has 0 amide bonds. The number of rotatable bonds is 6. The number of para-hydroxylation sites is 1. The Labute approximate surface area is 115 Å². The quantitative estimate of drug-likeness (QED) is 0.615. The van der Waals surface area contributed by atoms with Crippen molar-refractivity contribution in [1.29, 1.82) is 0 Å². The topological polar surface area (TPSA) is 92.5 Å². The number of nitrogens with zero attached hydrogens (tertiary/aromatic N) is 1. The Morgan fingerprint density at radius 3 is 2.35 bits per heavy atom. The third-order valence-corrected chi connectivity index (χ3v) is 4.03. The molecule has 2 N–H and O–H groups in total. The summed E-state index contributed by atoms with van der Waals surface area (Å²) in [4.78, 5) is 21.7. The summed E-state index contributed by atoms with van der Waals surface area (Å²) in [5.41, 5.74) is -0.254. The van der Waals surface area contributed by atoms with E-state index in [1.54, 1.807) is 12.1 Å². The average Bonchev–Trinajstić information content (AvgIpc) is 3.28. The number of benzene rings is 1. The van der Waals surface area contributed by atoms with Crippen LogP contribution in [0.4, 0.5) is 11.4 Å². The molecule has 0 saturated heterocycles. The first-order valence-electron chi connectivity index (χ1n) is 6.85. The summed E-state index contributed by atoms with van der Waals surface area (Å²) in [7, 11) is 0. The van der Waals surface area contributed by atoms with Crippen molar-refractivity contribution in [3.63, 3.8) is 0 Å². The summed E-state index contributed by atoms with van der Waals surface area (Å²) in [6.45, 7) is 0. The van der Waals surface area contributed by atoms with E-state index in [9.17, 15) is 14.9 Å². The van der Waals surface area contributed by atoms with Crippen LogP contribution in [0.5, 0.6) is 0 Å². The average molecular weight is 276 g/mol. The molecule has 2 fully saturated rings. The van der Waals surface area contributed by atoms with Crippen molar-refractivity contribution in [2.75, 3.05) is 5.32 Å². The Morgan fingerprint density at radius 1 is 1.30 bits per heavy atom. The number of carboxylic acid groups (broad SMARTS) is 1. The van der Waals surface area contributed by atoms with Crippen LogP contribution < -0.4 is 5.32 Å². The molecule has 0 aliphatic heterocycles. The van der Waals surface area contributed by atoms with Gasteiger partial charge in [0, 0.05) is 6.04 Å². The van der Waals surface area contributed by atoms with Crippen molar-refractivity contribution >= 4 is 17.3 Å². The predicted molar refractivity (Wildman–Crippen MR) is 72.9 cm³/mol. The predicted octanol–water partition coefficient (Wildman–Crippen LogP) is 2.89. The van der Waals surface area contributed by atoms with Crippen molar-refractivity contribution in [2.24, 2.45) is 11.8 Å². The monoisotopic (exact) mass is 276 g/mol. The molecular weight excluding hydrogens is 260 g/mol. The van der Waals surface area contributed by atoms with E-state index in [0.717, 1.165) is 25.7 Å². The number of anilines is 1. The van der Waals surface area contributed by atoms with Gasteiger partial charge in [0.15, 0.2) is 0 Å². The zero-order valence-corrected chi connectivity index (χ0v) is 10.9. The van der Waals surface area contributed by atoms with E-state index in [1.807, 2.05) is 0 Å². The van der Waals surface area contributed by atoms with Crippen LogP contribution in [0.15, 0.2) is 18.2 Å². The molecule has 106 valence electrons. The van der Waals surface area contributed by atoms with E-state index < -0.39 is 10.9 Å². The molecule has 6 heteroatoms. The molecule has 2 aliphatic carbocycles. The molecule has 0 heterocycles. The van der Waals surface area contributed by atoms with Crippen molar-refractivity contribution in [1.82, 2.24) is 0 Å². The molecule has 20 heavy (non-hydrogen) atoms. The second kappa shape index (κ2) is 4.77. The standard InChI is InChI=1S/C14H16N2O4/c17-14(18)10-2-1-3-11(13(10)16(19)20)15-12(8-4-5-8)9-6-7-9/h1-3,8-9,12,15H,4-7H2,(H,17,18). The van der Waals surface area contributed by atoms with Gasteiger partial charge in [-0.15, -0.1) is 0 Å². The highest BCUT2D eigenvalue weighted by Crippen LogP contribution is 2.46. The maximum Gasteiger partial charge on any atom is 0.342 e. The lowest BCUT2D eigenvalue weighted by Crippen LogP contribution is -2.25. The molecule has 1 aromatic carbocycles. The molecule has 0 spiro atoms. The molecule has 2 saturated carbocycles. The molecule has 0 unspecified atom stereocenters. The smallest absolute Gasteiger partial charge is 0.342 e. The van der Waals surface area contributed by atoms with E-state index in [0.29, 0.717) is 17.5 Å². The second-order valence-corrected chi connectivity index (χ2v) is 5.61. The van der Waals surface area contributed by atoms with Gasteiger partial charge < -0.3 is 10.4 Å². The lowest BCUT2D eigenvalue weighted by molar-refractivity contribution is -0.384. The van der Waals surface area contributed by atoms with E-state index in [4.69, 9.17) is 5.11 Å². The number of aromatic carboxylic acids is 1. The first-order chi connectivity index (χ1) is 9.58. The van der Waals surface area contributed by atoms with Gasteiger partial charge in [-0.3, -0.25) is 10.1 Å². The molecule has 1 aromatic rings. The van der Waals surface area contributed by atoms with Gasteiger partial charge in [0.25, 0.3) is 0 Å². The summed E-state index contributed by atoms with van der Waals surface area (Å²) in [5.74, 6) is -0.110. The lowest BCUT2D eigenvalue weighted by atomic mass is 10.1. The molecule has 0 bridgehead atoms. The number of carboxylic acids is 1. The zero-order chi connectivity index (χ0) is 14.3. The van der Waals surface area contributed by atoms with Gasteiger partial charge in [0.05, 0.1) is 4.92 Å². The minimum atomic E-state index is -1.27. The first kappa shape index (κ1) is 12.9. The molecule has 0 radical (unpaired) electrons. The molecular formula is C14H16N2O4. The normalized spacial score (nSPS) is 18.1. The van der Waals surface area contributed by atoms with Gasteiger partial charge in [-0.05, 0) is 49.7 Å². The van der Waals surface area contributed by atoms with Crippen molar-refractivity contribution < 1.29 is 14.8 Å². The van der Waals surface area contributed by atoms with Gasteiger partial charge in [-0.2, -0.15) is 0 Å². The van der Waals surface area contributed by atoms with E-state index in [2.05, 4.69) is 5.32 Å². The largest absolute Gasteiger partial charge is 0.477 e. The first-order valence-corrected chi connectivity index (χ1v) is 6.85. The van der Waals surface area contributed by atoms with Crippen LogP contribution in [-0.4, -0.2) is 22.0 Å². The van der Waals surface area contributed by atoms with Crippen molar-refractivity contribution in [3.8, 4) is 0 Å². The Morgan fingerprint density at radius 2 is 1.90 bits per heavy atom. The lowest BCUT2D eigenvalue weighted by Gasteiger charge is -2.19. The third-order valence-electron chi connectivity index (χ3n) is 4.03. The van der Waals surface area contributed by atoms with Crippen molar-refractivity contribution in [2.45, 2.75) is 31.7 Å². The van der Waals surface area contributed by atoms with Crippen LogP contribution in [0.2, 0.25) is 0 Å². The summed E-state index contributed by atoms with van der Waals surface area (Å²) in [5, 5.41) is 23.5. The van der Waals surface area contributed by atoms with Gasteiger partial charge in [0.2, 0.25) is 0 Å². The summed E-state index contributed by atoms with van der Waals surface area (Å²) >= 11 is 0. The SMILES string of the molecule is O=C(O)c1cccc(NC(C2CC2)C2CC2)c1[N+](=O)[O-]. The minimum Gasteiger partial charge on any atom is -0.477 e. The maximum atomic E-state index is 11.2. The van der Waals surface area contributed by atoms with Crippen LogP contribution in [0.1, 0.15) is 36.0 Å². The third kappa shape index (κ3) is 2.45. The Bertz CT molecular complexity index is 552. The molecule has 0 atom stereocenters.